The Morgan fingerprint density at radius 1 is 1.60 bits per heavy atom. The van der Waals surface area contributed by atoms with Crippen LogP contribution in [-0.4, -0.2) is 35.1 Å². The van der Waals surface area contributed by atoms with Gasteiger partial charge in [-0.25, -0.2) is 0 Å². The van der Waals surface area contributed by atoms with Gasteiger partial charge in [-0.05, 0) is 26.7 Å². The van der Waals surface area contributed by atoms with Crippen LogP contribution in [0.4, 0.5) is 0 Å². The molecule has 0 unspecified atom stereocenters. The normalized spacial score (nSPS) is 16.4. The van der Waals surface area contributed by atoms with Crippen LogP contribution >= 0.6 is 0 Å². The monoisotopic (exact) mass is 210 g/mol. The lowest BCUT2D eigenvalue weighted by atomic mass is 9.93. The Bertz CT molecular complexity index is 277. The molecule has 0 atom stereocenters. The summed E-state index contributed by atoms with van der Waals surface area (Å²) in [5.41, 5.74) is -0.724. The SMILES string of the molecule is CC(C)(CN(CCC#N)C1CC1)C(=O)O. The molecule has 4 nitrogen and oxygen atoms in total. The second-order valence-corrected chi connectivity index (χ2v) is 4.80. The van der Waals surface area contributed by atoms with E-state index in [9.17, 15) is 4.79 Å². The largest absolute Gasteiger partial charge is 0.481 e. The molecule has 84 valence electrons. The van der Waals surface area contributed by atoms with Crippen molar-refractivity contribution >= 4 is 5.97 Å². The number of carboxylic acid groups (broad SMARTS) is 1. The van der Waals surface area contributed by atoms with E-state index in [-0.39, 0.29) is 0 Å². The Hall–Kier alpha value is -1.08. The van der Waals surface area contributed by atoms with E-state index in [4.69, 9.17) is 10.4 Å². The van der Waals surface area contributed by atoms with Crippen molar-refractivity contribution in [1.29, 1.82) is 5.26 Å². The zero-order valence-corrected chi connectivity index (χ0v) is 9.36. The fourth-order valence-corrected chi connectivity index (χ4v) is 1.60. The van der Waals surface area contributed by atoms with Crippen molar-refractivity contribution in [1.82, 2.24) is 4.90 Å². The Labute approximate surface area is 90.5 Å². The topological polar surface area (TPSA) is 64.3 Å². The van der Waals surface area contributed by atoms with Crippen LogP contribution in [-0.2, 0) is 4.79 Å². The number of hydrogen-bond acceptors (Lipinski definition) is 3. The first-order valence-electron chi connectivity index (χ1n) is 5.32. The molecule has 4 heteroatoms. The maximum absolute atomic E-state index is 11.0. The van der Waals surface area contributed by atoms with E-state index < -0.39 is 11.4 Å². The molecule has 0 spiro atoms. The molecular formula is C11H18N2O2. The number of nitriles is 1. The zero-order valence-electron chi connectivity index (χ0n) is 9.36. The van der Waals surface area contributed by atoms with Gasteiger partial charge in [-0.3, -0.25) is 9.69 Å². The smallest absolute Gasteiger partial charge is 0.310 e. The highest BCUT2D eigenvalue weighted by molar-refractivity contribution is 5.73. The van der Waals surface area contributed by atoms with Gasteiger partial charge in [0, 0.05) is 25.6 Å². The number of carboxylic acids is 1. The predicted molar refractivity (Wildman–Crippen MR) is 56.2 cm³/mol. The number of rotatable bonds is 6. The van der Waals surface area contributed by atoms with Crippen molar-refractivity contribution in [3.05, 3.63) is 0 Å². The molecule has 0 amide bonds. The standard InChI is InChI=1S/C11H18N2O2/c1-11(2,10(14)15)8-13(7-3-6-12)9-4-5-9/h9H,3-5,7-8H2,1-2H3,(H,14,15). The van der Waals surface area contributed by atoms with Gasteiger partial charge in [0.05, 0.1) is 11.5 Å². The summed E-state index contributed by atoms with van der Waals surface area (Å²) in [5.74, 6) is -0.773. The molecular weight excluding hydrogens is 192 g/mol. The Morgan fingerprint density at radius 3 is 2.60 bits per heavy atom. The van der Waals surface area contributed by atoms with Crippen molar-refractivity contribution in [2.24, 2.45) is 5.41 Å². The highest BCUT2D eigenvalue weighted by atomic mass is 16.4. The quantitative estimate of drug-likeness (QED) is 0.721. The molecule has 1 aliphatic carbocycles. The molecule has 0 heterocycles. The fraction of sp³-hybridized carbons (Fsp3) is 0.818. The van der Waals surface area contributed by atoms with Crippen molar-refractivity contribution in [2.45, 2.75) is 39.2 Å². The van der Waals surface area contributed by atoms with Gasteiger partial charge in [-0.1, -0.05) is 0 Å². The molecule has 1 fully saturated rings. The van der Waals surface area contributed by atoms with Crippen LogP contribution in [0.5, 0.6) is 0 Å². The summed E-state index contributed by atoms with van der Waals surface area (Å²) < 4.78 is 0. The molecule has 1 aliphatic rings. The molecule has 15 heavy (non-hydrogen) atoms. The summed E-state index contributed by atoms with van der Waals surface area (Å²) in [6.45, 7) is 4.70. The first kappa shape index (κ1) is 12.0. The molecule has 0 aliphatic heterocycles. The van der Waals surface area contributed by atoms with Gasteiger partial charge in [0.25, 0.3) is 0 Å². The maximum Gasteiger partial charge on any atom is 0.310 e. The lowest BCUT2D eigenvalue weighted by Gasteiger charge is -2.29. The first-order valence-corrected chi connectivity index (χ1v) is 5.32. The van der Waals surface area contributed by atoms with E-state index in [1.165, 1.54) is 0 Å². The third-order valence-corrected chi connectivity index (χ3v) is 2.75. The highest BCUT2D eigenvalue weighted by Gasteiger charge is 2.36. The van der Waals surface area contributed by atoms with E-state index in [0.717, 1.165) is 12.8 Å². The van der Waals surface area contributed by atoms with Crippen LogP contribution in [0.2, 0.25) is 0 Å². The van der Waals surface area contributed by atoms with Crippen molar-refractivity contribution in [2.75, 3.05) is 13.1 Å². The third kappa shape index (κ3) is 3.52. The van der Waals surface area contributed by atoms with E-state index in [2.05, 4.69) is 11.0 Å². The Morgan fingerprint density at radius 2 is 2.20 bits per heavy atom. The summed E-state index contributed by atoms with van der Waals surface area (Å²) in [6.07, 6.45) is 2.76. The second-order valence-electron chi connectivity index (χ2n) is 4.80. The summed E-state index contributed by atoms with van der Waals surface area (Å²) in [6, 6.07) is 2.62. The minimum absolute atomic E-state index is 0.478. The molecule has 1 rings (SSSR count). The zero-order chi connectivity index (χ0) is 11.5. The Balaban J connectivity index is 2.50. The van der Waals surface area contributed by atoms with Crippen LogP contribution in [0, 0.1) is 16.7 Å². The van der Waals surface area contributed by atoms with E-state index in [0.29, 0.717) is 25.6 Å². The first-order chi connectivity index (χ1) is 6.97. The second kappa shape index (κ2) is 4.63. The molecule has 0 aromatic heterocycles. The van der Waals surface area contributed by atoms with Gasteiger partial charge in [0.2, 0.25) is 0 Å². The average molecular weight is 210 g/mol. The van der Waals surface area contributed by atoms with Crippen LogP contribution in [0.15, 0.2) is 0 Å². The fourth-order valence-electron chi connectivity index (χ4n) is 1.60. The minimum atomic E-state index is -0.773. The number of aliphatic carboxylic acids is 1. The van der Waals surface area contributed by atoms with Crippen molar-refractivity contribution < 1.29 is 9.90 Å². The van der Waals surface area contributed by atoms with Crippen LogP contribution in [0.3, 0.4) is 0 Å². The molecule has 0 saturated heterocycles. The van der Waals surface area contributed by atoms with Gasteiger partial charge >= 0.3 is 5.97 Å². The third-order valence-electron chi connectivity index (χ3n) is 2.75. The predicted octanol–water partition coefficient (Wildman–Crippen LogP) is 1.48. The number of nitrogens with zero attached hydrogens (tertiary/aromatic N) is 2. The average Bonchev–Trinajstić information content (AvgIpc) is 2.94. The lowest BCUT2D eigenvalue weighted by molar-refractivity contribution is -0.148. The van der Waals surface area contributed by atoms with E-state index >= 15 is 0 Å². The summed E-state index contributed by atoms with van der Waals surface area (Å²) in [5, 5.41) is 17.6. The van der Waals surface area contributed by atoms with Crippen molar-refractivity contribution in [3.8, 4) is 6.07 Å². The van der Waals surface area contributed by atoms with Gasteiger partial charge in [0.1, 0.15) is 0 Å². The molecule has 1 saturated carbocycles. The Kier molecular flexibility index (Phi) is 3.70. The van der Waals surface area contributed by atoms with E-state index in [1.807, 2.05) is 0 Å². The van der Waals surface area contributed by atoms with Crippen LogP contribution in [0.25, 0.3) is 0 Å². The molecule has 0 radical (unpaired) electrons. The molecule has 0 aromatic carbocycles. The number of hydrogen-bond donors (Lipinski definition) is 1. The summed E-state index contributed by atoms with van der Waals surface area (Å²) >= 11 is 0. The minimum Gasteiger partial charge on any atom is -0.481 e. The van der Waals surface area contributed by atoms with Crippen molar-refractivity contribution in [3.63, 3.8) is 0 Å². The molecule has 0 bridgehead atoms. The van der Waals surface area contributed by atoms with Gasteiger partial charge in [0.15, 0.2) is 0 Å². The lowest BCUT2D eigenvalue weighted by Crippen LogP contribution is -2.40. The number of carbonyl (C=O) groups is 1. The van der Waals surface area contributed by atoms with Crippen LogP contribution < -0.4 is 0 Å². The van der Waals surface area contributed by atoms with E-state index in [1.54, 1.807) is 13.8 Å². The van der Waals surface area contributed by atoms with Gasteiger partial charge in [-0.2, -0.15) is 5.26 Å². The molecule has 1 N–H and O–H groups in total. The maximum atomic E-state index is 11.0. The summed E-state index contributed by atoms with van der Waals surface area (Å²) in [4.78, 5) is 13.1. The van der Waals surface area contributed by atoms with Gasteiger partial charge < -0.3 is 5.11 Å². The summed E-state index contributed by atoms with van der Waals surface area (Å²) in [7, 11) is 0. The molecule has 0 aromatic rings. The van der Waals surface area contributed by atoms with Crippen LogP contribution in [0.1, 0.15) is 33.1 Å². The van der Waals surface area contributed by atoms with Gasteiger partial charge in [-0.15, -0.1) is 0 Å². The highest BCUT2D eigenvalue weighted by Crippen LogP contribution is 2.30.